The van der Waals surface area contributed by atoms with E-state index < -0.39 is 18.0 Å². The van der Waals surface area contributed by atoms with Crippen LogP contribution in [0, 0.1) is 0 Å². The Hall–Kier alpha value is -2.08. The van der Waals surface area contributed by atoms with Crippen LogP contribution in [0.15, 0.2) is 24.3 Å². The van der Waals surface area contributed by atoms with E-state index in [1.165, 1.54) is 14.2 Å². The Labute approximate surface area is 105 Å². The van der Waals surface area contributed by atoms with Crippen molar-refractivity contribution in [3.05, 3.63) is 24.3 Å². The molecule has 0 spiro atoms. The topological polar surface area (TPSA) is 84.9 Å². The van der Waals surface area contributed by atoms with Crippen LogP contribution in [-0.2, 0) is 14.3 Å². The fraction of sp³-hybridized carbons (Fsp3) is 0.333. The summed E-state index contributed by atoms with van der Waals surface area (Å²) in [5.41, 5.74) is 0.520. The molecule has 2 N–H and O–H groups in total. The normalized spacial score (nSPS) is 11.7. The average molecular weight is 253 g/mol. The van der Waals surface area contributed by atoms with Crippen LogP contribution in [0.5, 0.6) is 5.75 Å². The number of rotatable bonds is 6. The number of anilines is 1. The molecule has 0 radical (unpaired) electrons. The van der Waals surface area contributed by atoms with Gasteiger partial charge in [-0.25, -0.2) is 0 Å². The van der Waals surface area contributed by atoms with Gasteiger partial charge in [-0.15, -0.1) is 0 Å². The molecule has 0 aromatic heterocycles. The Morgan fingerprint density at radius 3 is 2.67 bits per heavy atom. The summed E-state index contributed by atoms with van der Waals surface area (Å²) in [6, 6.07) is 6.76. The quantitative estimate of drug-likeness (QED) is 0.793. The van der Waals surface area contributed by atoms with E-state index in [9.17, 15) is 9.59 Å². The summed E-state index contributed by atoms with van der Waals surface area (Å²) in [4.78, 5) is 22.3. The standard InChI is InChI=1S/C12H15NO5/c1-17-9-5-3-4-8(6-9)13-12(16)10(18-2)7-11(14)15/h3-6,10H,7H2,1-2H3,(H,13,16)(H,14,15). The number of carbonyl (C=O) groups is 2. The number of hydrogen-bond donors (Lipinski definition) is 2. The van der Waals surface area contributed by atoms with Gasteiger partial charge in [-0.1, -0.05) is 6.07 Å². The van der Waals surface area contributed by atoms with E-state index in [0.717, 1.165) is 0 Å². The lowest BCUT2D eigenvalue weighted by atomic mass is 10.2. The summed E-state index contributed by atoms with van der Waals surface area (Å²) >= 11 is 0. The zero-order chi connectivity index (χ0) is 13.5. The first kappa shape index (κ1) is 14.0. The largest absolute Gasteiger partial charge is 0.497 e. The number of methoxy groups -OCH3 is 2. The lowest BCUT2D eigenvalue weighted by Crippen LogP contribution is -2.31. The second kappa shape index (κ2) is 6.61. The molecule has 0 bridgehead atoms. The van der Waals surface area contributed by atoms with Crippen LogP contribution in [0.2, 0.25) is 0 Å². The fourth-order valence-corrected chi connectivity index (χ4v) is 1.37. The molecule has 1 aromatic carbocycles. The average Bonchev–Trinajstić information content (AvgIpc) is 2.35. The number of carbonyl (C=O) groups excluding carboxylic acids is 1. The highest BCUT2D eigenvalue weighted by Crippen LogP contribution is 2.17. The molecule has 6 heteroatoms. The van der Waals surface area contributed by atoms with E-state index in [0.29, 0.717) is 11.4 Å². The van der Waals surface area contributed by atoms with E-state index in [-0.39, 0.29) is 6.42 Å². The van der Waals surface area contributed by atoms with Crippen LogP contribution in [0.3, 0.4) is 0 Å². The van der Waals surface area contributed by atoms with E-state index in [1.54, 1.807) is 24.3 Å². The van der Waals surface area contributed by atoms with E-state index in [2.05, 4.69) is 5.32 Å². The number of aliphatic carboxylic acids is 1. The van der Waals surface area contributed by atoms with Crippen molar-refractivity contribution in [2.75, 3.05) is 19.5 Å². The third-order valence-corrected chi connectivity index (χ3v) is 2.27. The van der Waals surface area contributed by atoms with Gasteiger partial charge in [0.1, 0.15) is 11.9 Å². The van der Waals surface area contributed by atoms with Crippen LogP contribution >= 0.6 is 0 Å². The van der Waals surface area contributed by atoms with Crippen molar-refractivity contribution < 1.29 is 24.2 Å². The van der Waals surface area contributed by atoms with Crippen molar-refractivity contribution >= 4 is 17.6 Å². The number of hydrogen-bond acceptors (Lipinski definition) is 4. The summed E-state index contributed by atoms with van der Waals surface area (Å²) in [7, 11) is 2.81. The highest BCUT2D eigenvalue weighted by molar-refractivity contribution is 5.96. The number of carboxylic acid groups (broad SMARTS) is 1. The van der Waals surface area contributed by atoms with E-state index in [1.807, 2.05) is 0 Å². The zero-order valence-corrected chi connectivity index (χ0v) is 10.2. The van der Waals surface area contributed by atoms with Crippen molar-refractivity contribution in [3.63, 3.8) is 0 Å². The molecule has 1 atom stereocenters. The minimum Gasteiger partial charge on any atom is -0.497 e. The predicted molar refractivity (Wildman–Crippen MR) is 64.7 cm³/mol. The van der Waals surface area contributed by atoms with E-state index in [4.69, 9.17) is 14.6 Å². The van der Waals surface area contributed by atoms with Crippen LogP contribution in [0.4, 0.5) is 5.69 Å². The summed E-state index contributed by atoms with van der Waals surface area (Å²) in [5, 5.41) is 11.2. The smallest absolute Gasteiger partial charge is 0.306 e. The first-order chi connectivity index (χ1) is 8.56. The SMILES string of the molecule is COc1cccc(NC(=O)C(CC(=O)O)OC)c1. The lowest BCUT2D eigenvalue weighted by molar-refractivity contribution is -0.143. The molecular weight excluding hydrogens is 238 g/mol. The molecule has 18 heavy (non-hydrogen) atoms. The molecule has 0 heterocycles. The second-order valence-corrected chi connectivity index (χ2v) is 3.54. The van der Waals surface area contributed by atoms with Gasteiger partial charge in [0.2, 0.25) is 0 Å². The molecule has 1 amide bonds. The maximum atomic E-state index is 11.7. The molecule has 1 unspecified atom stereocenters. The van der Waals surface area contributed by atoms with Gasteiger partial charge in [0.25, 0.3) is 5.91 Å². The predicted octanol–water partition coefficient (Wildman–Crippen LogP) is 1.12. The summed E-state index contributed by atoms with van der Waals surface area (Å²) in [5.74, 6) is -1.00. The van der Waals surface area contributed by atoms with Crippen molar-refractivity contribution in [3.8, 4) is 5.75 Å². The van der Waals surface area contributed by atoms with Crippen LogP contribution in [-0.4, -0.2) is 37.3 Å². The Kier molecular flexibility index (Phi) is 5.13. The molecular formula is C12H15NO5. The summed E-state index contributed by atoms with van der Waals surface area (Å²) in [6.45, 7) is 0. The molecule has 0 aliphatic heterocycles. The number of nitrogens with one attached hydrogen (secondary N) is 1. The third-order valence-electron chi connectivity index (χ3n) is 2.27. The van der Waals surface area contributed by atoms with Gasteiger partial charge in [-0.05, 0) is 12.1 Å². The third kappa shape index (κ3) is 4.06. The van der Waals surface area contributed by atoms with Gasteiger partial charge >= 0.3 is 5.97 Å². The Morgan fingerprint density at radius 1 is 1.39 bits per heavy atom. The fourth-order valence-electron chi connectivity index (χ4n) is 1.37. The first-order valence-corrected chi connectivity index (χ1v) is 5.26. The summed E-state index contributed by atoms with van der Waals surface area (Å²) < 4.78 is 9.84. The summed E-state index contributed by atoms with van der Waals surface area (Å²) in [6.07, 6.45) is -1.40. The van der Waals surface area contributed by atoms with Crippen molar-refractivity contribution in [1.29, 1.82) is 0 Å². The minimum atomic E-state index is -1.09. The van der Waals surface area contributed by atoms with Crippen LogP contribution < -0.4 is 10.1 Å². The second-order valence-electron chi connectivity index (χ2n) is 3.54. The molecule has 0 fully saturated rings. The number of ether oxygens (including phenoxy) is 2. The Balaban J connectivity index is 2.69. The monoisotopic (exact) mass is 253 g/mol. The van der Waals surface area contributed by atoms with Crippen molar-refractivity contribution in [1.82, 2.24) is 0 Å². The molecule has 1 aromatic rings. The molecule has 98 valence electrons. The van der Waals surface area contributed by atoms with Gasteiger partial charge in [0.05, 0.1) is 13.5 Å². The van der Waals surface area contributed by atoms with Crippen molar-refractivity contribution in [2.45, 2.75) is 12.5 Å². The van der Waals surface area contributed by atoms with Gasteiger partial charge in [0.15, 0.2) is 0 Å². The minimum absolute atomic E-state index is 0.383. The zero-order valence-electron chi connectivity index (χ0n) is 10.2. The molecule has 0 aliphatic rings. The van der Waals surface area contributed by atoms with E-state index >= 15 is 0 Å². The number of carboxylic acids is 1. The first-order valence-electron chi connectivity index (χ1n) is 5.26. The number of benzene rings is 1. The number of amides is 1. The van der Waals surface area contributed by atoms with Gasteiger partial charge < -0.3 is 19.9 Å². The van der Waals surface area contributed by atoms with Gasteiger partial charge in [0, 0.05) is 18.9 Å². The van der Waals surface area contributed by atoms with Gasteiger partial charge in [-0.2, -0.15) is 0 Å². The van der Waals surface area contributed by atoms with Crippen LogP contribution in [0.1, 0.15) is 6.42 Å². The maximum absolute atomic E-state index is 11.7. The Morgan fingerprint density at radius 2 is 2.11 bits per heavy atom. The molecule has 1 rings (SSSR count). The van der Waals surface area contributed by atoms with Crippen molar-refractivity contribution in [2.24, 2.45) is 0 Å². The highest BCUT2D eigenvalue weighted by Gasteiger charge is 2.21. The highest BCUT2D eigenvalue weighted by atomic mass is 16.5. The Bertz CT molecular complexity index is 432. The molecule has 0 saturated carbocycles. The maximum Gasteiger partial charge on any atom is 0.306 e. The lowest BCUT2D eigenvalue weighted by Gasteiger charge is -2.13. The van der Waals surface area contributed by atoms with Gasteiger partial charge in [-0.3, -0.25) is 9.59 Å². The molecule has 0 saturated heterocycles. The molecule has 6 nitrogen and oxygen atoms in total. The molecule has 0 aliphatic carbocycles. The van der Waals surface area contributed by atoms with Crippen LogP contribution in [0.25, 0.3) is 0 Å².